The zero-order chi connectivity index (χ0) is 29.3. The normalized spacial score (nSPS) is 10.3. The summed E-state index contributed by atoms with van der Waals surface area (Å²) in [6, 6.07) is 31.0. The van der Waals surface area contributed by atoms with Gasteiger partial charge in [-0.2, -0.15) is 0 Å². The van der Waals surface area contributed by atoms with Gasteiger partial charge >= 0.3 is 27.3 Å². The number of rotatable bonds is 2. The molecule has 12 nitrogen and oxygen atoms in total. The topological polar surface area (TPSA) is 156 Å². The summed E-state index contributed by atoms with van der Waals surface area (Å²) < 4.78 is 3.32. The van der Waals surface area contributed by atoms with Crippen molar-refractivity contribution in [1.29, 1.82) is 0 Å². The van der Waals surface area contributed by atoms with Crippen LogP contribution >= 0.6 is 0 Å². The number of imidazole rings is 2. The molecule has 0 aliphatic rings. The monoisotopic (exact) mass is 674 g/mol. The third-order valence-corrected chi connectivity index (χ3v) is 5.73. The second-order valence-electron chi connectivity index (χ2n) is 8.64. The van der Waals surface area contributed by atoms with E-state index in [1.54, 1.807) is 23.2 Å². The third kappa shape index (κ3) is 7.10. The van der Waals surface area contributed by atoms with Crippen molar-refractivity contribution in [3.63, 3.8) is 0 Å². The van der Waals surface area contributed by atoms with Crippen LogP contribution in [0, 0.1) is 0 Å². The number of para-hydroxylation sites is 6. The van der Waals surface area contributed by atoms with Gasteiger partial charge in [0.05, 0.1) is 11.0 Å². The second kappa shape index (κ2) is 15.1. The van der Waals surface area contributed by atoms with Crippen LogP contribution in [0.15, 0.2) is 97.1 Å². The van der Waals surface area contributed by atoms with Crippen molar-refractivity contribution in [2.75, 3.05) is 13.2 Å². The Kier molecular flexibility index (Phi) is 11.0. The molecule has 43 heavy (non-hydrogen) atoms. The molecular formula is C30H28CdN10O2. The zero-order valence-corrected chi connectivity index (χ0v) is 27.8. The SMILES string of the molecule is CCO.CCO.[Cd+2].c1ccc2[n-]c(-n3nnc4ccccc43)nc2c1.c1ccc2[n-]c(-n3nnc4ccccc43)nc2c1. The molecule has 13 heteroatoms. The predicted octanol–water partition coefficient (Wildman–Crippen LogP) is 3.85. The van der Waals surface area contributed by atoms with E-state index >= 15 is 0 Å². The van der Waals surface area contributed by atoms with Crippen LogP contribution in [0.5, 0.6) is 0 Å². The van der Waals surface area contributed by atoms with Gasteiger partial charge in [0.15, 0.2) is 0 Å². The van der Waals surface area contributed by atoms with Gasteiger partial charge in [-0.25, -0.2) is 0 Å². The summed E-state index contributed by atoms with van der Waals surface area (Å²) >= 11 is 0. The smallest absolute Gasteiger partial charge is 0.397 e. The zero-order valence-electron chi connectivity index (χ0n) is 23.7. The molecule has 0 saturated carbocycles. The minimum Gasteiger partial charge on any atom is -0.397 e. The van der Waals surface area contributed by atoms with Gasteiger partial charge in [0, 0.05) is 58.2 Å². The van der Waals surface area contributed by atoms with E-state index in [4.69, 9.17) is 10.2 Å². The average Bonchev–Trinajstić information content (AvgIpc) is 3.81. The molecule has 212 valence electrons. The Bertz CT molecular complexity index is 1820. The molecule has 0 fully saturated rings. The number of aliphatic hydroxyl groups is 2. The fraction of sp³-hybridized carbons (Fsp3) is 0.133. The predicted molar refractivity (Wildman–Crippen MR) is 160 cm³/mol. The van der Waals surface area contributed by atoms with Gasteiger partial charge < -0.3 is 30.1 Å². The van der Waals surface area contributed by atoms with E-state index in [0.29, 0.717) is 11.9 Å². The van der Waals surface area contributed by atoms with Crippen LogP contribution in [0.1, 0.15) is 13.8 Å². The Morgan fingerprint density at radius 1 is 0.535 bits per heavy atom. The maximum atomic E-state index is 7.57. The molecule has 0 bridgehead atoms. The number of aliphatic hydroxyl groups excluding tert-OH is 2. The molecule has 0 atom stereocenters. The number of benzene rings is 4. The van der Waals surface area contributed by atoms with Crippen LogP contribution in [-0.2, 0) is 27.3 Å². The molecule has 4 aromatic heterocycles. The van der Waals surface area contributed by atoms with Gasteiger partial charge in [-0.1, -0.05) is 72.8 Å². The van der Waals surface area contributed by atoms with Crippen molar-refractivity contribution in [1.82, 2.24) is 49.9 Å². The number of hydrogen-bond donors (Lipinski definition) is 2. The fourth-order valence-electron chi connectivity index (χ4n) is 4.01. The van der Waals surface area contributed by atoms with E-state index in [1.165, 1.54) is 0 Å². The van der Waals surface area contributed by atoms with Gasteiger partial charge in [0.25, 0.3) is 0 Å². The molecule has 0 unspecified atom stereocenters. The van der Waals surface area contributed by atoms with Crippen molar-refractivity contribution in [2.24, 2.45) is 0 Å². The summed E-state index contributed by atoms with van der Waals surface area (Å²) in [6.45, 7) is 3.86. The van der Waals surface area contributed by atoms with Gasteiger partial charge in [-0.15, -0.1) is 20.6 Å². The summed E-state index contributed by atoms with van der Waals surface area (Å²) in [5, 5.41) is 31.5. The largest absolute Gasteiger partial charge is 2.00 e. The molecule has 0 aliphatic carbocycles. The summed E-state index contributed by atoms with van der Waals surface area (Å²) in [5.74, 6) is 1.12. The summed E-state index contributed by atoms with van der Waals surface area (Å²) in [4.78, 5) is 17.8. The molecular weight excluding hydrogens is 645 g/mol. The standard InChI is InChI=1S/2C13H8N5.2C2H6O.Cd/c2*1-2-6-10-9(5-1)14-13(15-10)18-12-8-4-3-7-11(12)16-17-18;2*1-2-3;/h2*1-8H;2*3H,2H2,1H3;/q2*-1;;;+2. The number of hydrogen-bond acceptors (Lipinski definition) is 8. The summed E-state index contributed by atoms with van der Waals surface area (Å²) in [5.41, 5.74) is 6.97. The van der Waals surface area contributed by atoms with Crippen molar-refractivity contribution < 1.29 is 37.5 Å². The van der Waals surface area contributed by atoms with Gasteiger partial charge in [0.1, 0.15) is 0 Å². The van der Waals surface area contributed by atoms with Crippen LogP contribution < -0.4 is 9.97 Å². The molecule has 4 aromatic carbocycles. The molecule has 0 radical (unpaired) electrons. The molecule has 4 heterocycles. The first-order chi connectivity index (χ1) is 20.7. The minimum absolute atomic E-state index is 0. The Hall–Kier alpha value is -4.54. The first kappa shape index (κ1) is 31.4. The van der Waals surface area contributed by atoms with E-state index in [-0.39, 0.29) is 40.5 Å². The summed E-state index contributed by atoms with van der Waals surface area (Å²) in [7, 11) is 0. The molecule has 0 amide bonds. The quantitative estimate of drug-likeness (QED) is 0.259. The van der Waals surface area contributed by atoms with Crippen LogP contribution in [0.2, 0.25) is 0 Å². The van der Waals surface area contributed by atoms with Crippen molar-refractivity contribution in [3.05, 3.63) is 97.1 Å². The number of aromatic nitrogens is 10. The number of fused-ring (bicyclic) bond motifs is 4. The van der Waals surface area contributed by atoms with Crippen molar-refractivity contribution in [2.45, 2.75) is 13.8 Å². The first-order valence-electron chi connectivity index (χ1n) is 13.3. The molecule has 0 saturated heterocycles. The Balaban J connectivity index is 0.000000164. The van der Waals surface area contributed by atoms with Crippen LogP contribution in [0.3, 0.4) is 0 Å². The van der Waals surface area contributed by atoms with Crippen LogP contribution in [-0.4, -0.2) is 63.4 Å². The van der Waals surface area contributed by atoms with Gasteiger partial charge in [-0.05, 0) is 38.1 Å². The molecule has 8 aromatic rings. The van der Waals surface area contributed by atoms with Gasteiger partial charge in [0.2, 0.25) is 0 Å². The first-order valence-corrected chi connectivity index (χ1v) is 13.3. The van der Waals surface area contributed by atoms with E-state index < -0.39 is 0 Å². The van der Waals surface area contributed by atoms with E-state index in [1.807, 2.05) is 97.1 Å². The van der Waals surface area contributed by atoms with Crippen LogP contribution in [0.4, 0.5) is 0 Å². The van der Waals surface area contributed by atoms with E-state index in [0.717, 1.165) is 44.1 Å². The Morgan fingerprint density at radius 2 is 0.860 bits per heavy atom. The van der Waals surface area contributed by atoms with E-state index in [2.05, 4.69) is 40.6 Å². The molecule has 2 N–H and O–H groups in total. The summed E-state index contributed by atoms with van der Waals surface area (Å²) in [6.07, 6.45) is 0. The van der Waals surface area contributed by atoms with Crippen molar-refractivity contribution >= 4 is 44.1 Å². The third-order valence-electron chi connectivity index (χ3n) is 5.73. The molecule has 0 aliphatic heterocycles. The fourth-order valence-corrected chi connectivity index (χ4v) is 4.01. The van der Waals surface area contributed by atoms with Crippen molar-refractivity contribution in [3.8, 4) is 11.9 Å². The Labute approximate surface area is 266 Å². The average molecular weight is 673 g/mol. The maximum absolute atomic E-state index is 7.57. The Morgan fingerprint density at radius 3 is 1.23 bits per heavy atom. The molecule has 8 rings (SSSR count). The maximum Gasteiger partial charge on any atom is 2.00 e. The minimum atomic E-state index is 0. The number of nitrogens with zero attached hydrogens (tertiary/aromatic N) is 10. The van der Waals surface area contributed by atoms with Crippen LogP contribution in [0.25, 0.3) is 56.0 Å². The van der Waals surface area contributed by atoms with Gasteiger partial charge in [-0.3, -0.25) is 9.36 Å². The second-order valence-corrected chi connectivity index (χ2v) is 8.64. The molecule has 0 spiro atoms. The van der Waals surface area contributed by atoms with E-state index in [9.17, 15) is 0 Å².